The van der Waals surface area contributed by atoms with Crippen LogP contribution in [0, 0.1) is 16.7 Å². The van der Waals surface area contributed by atoms with E-state index < -0.39 is 0 Å². The Morgan fingerprint density at radius 3 is 1.62 bits per heavy atom. The second-order valence-electron chi connectivity index (χ2n) is 32.3. The van der Waals surface area contributed by atoms with Crippen molar-refractivity contribution in [1.82, 2.24) is 0 Å². The van der Waals surface area contributed by atoms with Crippen molar-refractivity contribution in [2.45, 2.75) is 226 Å². The van der Waals surface area contributed by atoms with E-state index in [0.29, 0.717) is 5.25 Å². The van der Waals surface area contributed by atoms with Gasteiger partial charge in [0, 0.05) is 50.7 Å². The van der Waals surface area contributed by atoms with Crippen LogP contribution in [-0.2, 0) is 32.5 Å². The number of hydrogen-bond donors (Lipinski definition) is 0. The number of hydrogen-bond acceptors (Lipinski definition) is 4. The van der Waals surface area contributed by atoms with Gasteiger partial charge >= 0.3 is 0 Å². The highest BCUT2D eigenvalue weighted by atomic mass is 32.2. The number of allylic oxidation sites excluding steroid dienone is 4. The Morgan fingerprint density at radius 1 is 0.506 bits per heavy atom. The van der Waals surface area contributed by atoms with E-state index in [1.807, 2.05) is 0 Å². The summed E-state index contributed by atoms with van der Waals surface area (Å²) in [5.74, 6) is 0.266. The summed E-state index contributed by atoms with van der Waals surface area (Å²) >= 11 is 2.18. The predicted octanol–water partition coefficient (Wildman–Crippen LogP) is 19.4. The fourth-order valence-corrected chi connectivity index (χ4v) is 18.1. The molecular formula is C74H92BN3S. The lowest BCUT2D eigenvalue weighted by Gasteiger charge is -2.53. The van der Waals surface area contributed by atoms with Gasteiger partial charge in [-0.2, -0.15) is 0 Å². The Bertz CT molecular complexity index is 3430. The van der Waals surface area contributed by atoms with Crippen LogP contribution in [0.1, 0.15) is 216 Å². The summed E-state index contributed by atoms with van der Waals surface area (Å²) in [4.78, 5) is 8.43. The number of anilines is 7. The zero-order chi connectivity index (χ0) is 56.3. The van der Waals surface area contributed by atoms with Crippen LogP contribution in [0.4, 0.5) is 39.8 Å². The average Bonchev–Trinajstić information content (AvgIpc) is 2.55. The molecule has 0 amide bonds. The molecule has 0 aromatic heterocycles. The maximum Gasteiger partial charge on any atom is 0.249 e. The normalized spacial score (nSPS) is 26.5. The van der Waals surface area contributed by atoms with Gasteiger partial charge in [0.15, 0.2) is 0 Å². The summed E-state index contributed by atoms with van der Waals surface area (Å²) < 4.78 is 0. The van der Waals surface area contributed by atoms with Gasteiger partial charge in [-0.15, -0.1) is 11.8 Å². The Balaban J connectivity index is 1.16. The quantitative estimate of drug-likeness (QED) is 0.166. The summed E-state index contributed by atoms with van der Waals surface area (Å²) in [6, 6.07) is 37.7. The van der Waals surface area contributed by atoms with Gasteiger partial charge in [-0.1, -0.05) is 198 Å². The first-order chi connectivity index (χ1) is 36.8. The minimum Gasteiger partial charge on any atom is -0.335 e. The predicted molar refractivity (Wildman–Crippen MR) is 344 cm³/mol. The molecule has 13 rings (SSSR count). The number of nitrogens with zero attached hydrogens (tertiary/aromatic N) is 3. The maximum atomic E-state index is 2.98. The highest BCUT2D eigenvalue weighted by Crippen LogP contribution is 2.66. The van der Waals surface area contributed by atoms with Gasteiger partial charge in [-0.3, -0.25) is 0 Å². The van der Waals surface area contributed by atoms with E-state index in [0.717, 1.165) is 6.42 Å². The van der Waals surface area contributed by atoms with Gasteiger partial charge in [0.25, 0.3) is 0 Å². The van der Waals surface area contributed by atoms with E-state index >= 15 is 0 Å². The molecule has 0 spiro atoms. The second-order valence-corrected chi connectivity index (χ2v) is 33.4. The van der Waals surface area contributed by atoms with Crippen molar-refractivity contribution in [2.75, 3.05) is 14.7 Å². The van der Waals surface area contributed by atoms with E-state index in [2.05, 4.69) is 261 Å². The van der Waals surface area contributed by atoms with E-state index in [1.54, 1.807) is 27.6 Å². The van der Waals surface area contributed by atoms with Crippen LogP contribution in [0.15, 0.2) is 125 Å². The smallest absolute Gasteiger partial charge is 0.249 e. The first-order valence-electron chi connectivity index (χ1n) is 30.7. The monoisotopic (exact) mass is 1070 g/mol. The molecule has 5 heteroatoms. The molecule has 79 heavy (non-hydrogen) atoms. The van der Waals surface area contributed by atoms with Crippen molar-refractivity contribution in [3.63, 3.8) is 0 Å². The topological polar surface area (TPSA) is 9.72 Å². The molecule has 2 fully saturated rings. The molecule has 0 bridgehead atoms. The Hall–Kier alpha value is -4.87. The summed E-state index contributed by atoms with van der Waals surface area (Å²) in [7, 11) is 0. The van der Waals surface area contributed by atoms with Crippen LogP contribution >= 0.6 is 11.8 Å². The van der Waals surface area contributed by atoms with Gasteiger partial charge in [-0.05, 0) is 187 Å². The molecule has 4 aliphatic carbocycles. The average molecular weight is 1070 g/mol. The third-order valence-corrected chi connectivity index (χ3v) is 23.5. The van der Waals surface area contributed by atoms with E-state index in [-0.39, 0.29) is 61.5 Å². The maximum absolute atomic E-state index is 2.98. The minimum atomic E-state index is -0.125. The highest BCUT2D eigenvalue weighted by molar-refractivity contribution is 8.04. The number of benzene rings is 5. The molecule has 8 aliphatic rings. The standard InChI is InChI=1S/C74H92BN3S/c1-66(2,3)45-22-26-48(27-23-45)76(49-28-24-46(25-29-49)67(4,5)6)51-41-59-63-60(42-51)78-64-57(73(18)32-20-21-33-74(73,78)19)38-47(68(7,8)9)39-58(64)75(63)62-52-43-55-56(72(16,17)37-36-71(55,14)15)44-61(52)79-65(62)77(59)50-30-31-53-54(40-50)70(12,13)35-34-69(53,10)11/h22-31,38-44,52,61H,20-21,32-37H2,1-19H3. The molecule has 5 aromatic carbocycles. The molecule has 4 atom stereocenters. The molecule has 0 radical (unpaired) electrons. The number of thioether (sulfide) groups is 1. The van der Waals surface area contributed by atoms with Gasteiger partial charge < -0.3 is 14.7 Å². The fourth-order valence-electron chi connectivity index (χ4n) is 16.5. The molecule has 2 saturated carbocycles. The van der Waals surface area contributed by atoms with Crippen LogP contribution in [0.5, 0.6) is 0 Å². The van der Waals surface area contributed by atoms with Crippen LogP contribution in [0.25, 0.3) is 0 Å². The summed E-state index contributed by atoms with van der Waals surface area (Å²) in [6.45, 7) is 46.9. The third kappa shape index (κ3) is 7.78. The lowest BCUT2D eigenvalue weighted by molar-refractivity contribution is 0.195. The first kappa shape index (κ1) is 53.4. The van der Waals surface area contributed by atoms with Gasteiger partial charge in [0.1, 0.15) is 0 Å². The molecule has 4 unspecified atom stereocenters. The first-order valence-corrected chi connectivity index (χ1v) is 31.6. The van der Waals surface area contributed by atoms with Gasteiger partial charge in [-0.25, -0.2) is 0 Å². The summed E-state index contributed by atoms with van der Waals surface area (Å²) in [6.07, 6.45) is 15.3. The molecule has 5 aromatic rings. The van der Waals surface area contributed by atoms with Crippen molar-refractivity contribution in [3.8, 4) is 0 Å². The third-order valence-electron chi connectivity index (χ3n) is 22.2. The molecule has 4 heterocycles. The molecule has 3 nitrogen and oxygen atoms in total. The van der Waals surface area contributed by atoms with E-state index in [1.165, 1.54) is 123 Å². The Morgan fingerprint density at radius 2 is 1.04 bits per heavy atom. The van der Waals surface area contributed by atoms with Gasteiger partial charge in [0.05, 0.1) is 16.3 Å². The zero-order valence-electron chi connectivity index (χ0n) is 52.0. The molecule has 0 N–H and O–H groups in total. The van der Waals surface area contributed by atoms with Crippen LogP contribution in [-0.4, -0.2) is 17.5 Å². The Labute approximate surface area is 482 Å². The highest BCUT2D eigenvalue weighted by Gasteiger charge is 2.63. The molecule has 412 valence electrons. The molecule has 4 aliphatic heterocycles. The lowest BCUT2D eigenvalue weighted by atomic mass is 9.31. The van der Waals surface area contributed by atoms with Crippen molar-refractivity contribution < 1.29 is 0 Å². The van der Waals surface area contributed by atoms with Crippen molar-refractivity contribution in [2.24, 2.45) is 16.7 Å². The second kappa shape index (κ2) is 16.9. The van der Waals surface area contributed by atoms with E-state index in [9.17, 15) is 0 Å². The largest absolute Gasteiger partial charge is 0.335 e. The lowest BCUT2D eigenvalue weighted by Crippen LogP contribution is -2.61. The SMILES string of the molecule is CC1(C)CCC(C)(C)C2=CC3C4=C(SC3C=C21)N(c1ccc2c(c1)C(C)(C)CCC2(C)C)c1cc(N(c2ccc(C(C)(C)C)cc2)c2ccc(C(C)(C)C)cc2)cc2c1B4c1cc(C(C)(C)C)cc3c1N2C1(C)CCCCC31C. The van der Waals surface area contributed by atoms with E-state index in [4.69, 9.17) is 0 Å². The number of fused-ring (bicyclic) bond motifs is 10. The van der Waals surface area contributed by atoms with Crippen molar-refractivity contribution in [3.05, 3.63) is 158 Å². The van der Waals surface area contributed by atoms with Crippen molar-refractivity contribution >= 4 is 69.2 Å². The van der Waals surface area contributed by atoms with Crippen LogP contribution in [0.2, 0.25) is 0 Å². The van der Waals surface area contributed by atoms with Gasteiger partial charge in [0.2, 0.25) is 6.71 Å². The zero-order valence-corrected chi connectivity index (χ0v) is 52.8. The molecular weight excluding hydrogens is 974 g/mol. The van der Waals surface area contributed by atoms with Crippen molar-refractivity contribution in [1.29, 1.82) is 0 Å². The fraction of sp³-hybridized carbons (Fsp3) is 0.514. The summed E-state index contributed by atoms with van der Waals surface area (Å²) in [5.41, 5.74) is 26.2. The molecule has 0 saturated heterocycles. The number of rotatable bonds is 4. The van der Waals surface area contributed by atoms with Crippen LogP contribution in [0.3, 0.4) is 0 Å². The Kier molecular flexibility index (Phi) is 11.4. The minimum absolute atomic E-state index is 0.0182. The van der Waals surface area contributed by atoms with Crippen LogP contribution < -0.4 is 25.6 Å². The summed E-state index contributed by atoms with van der Waals surface area (Å²) in [5, 5.41) is 1.76.